The molecule has 0 spiro atoms. The molecule has 1 aliphatic rings. The Balaban J connectivity index is 2.13. The van der Waals surface area contributed by atoms with E-state index in [1.807, 2.05) is 11.8 Å². The normalized spacial score (nSPS) is 20.7. The van der Waals surface area contributed by atoms with E-state index in [1.165, 1.54) is 12.1 Å². The number of carbonyl (C=O) groups excluding carboxylic acids is 1. The fourth-order valence-corrected chi connectivity index (χ4v) is 3.66. The molecule has 122 valence electrons. The second-order valence-corrected chi connectivity index (χ2v) is 8.22. The third kappa shape index (κ3) is 3.67. The largest absolute Gasteiger partial charge is 0.338 e. The lowest BCUT2D eigenvalue weighted by Gasteiger charge is -2.34. The number of nitrogens with zero attached hydrogens (tertiary/aromatic N) is 1. The third-order valence-electron chi connectivity index (χ3n) is 4.33. The number of benzene rings is 1. The molecule has 1 saturated heterocycles. The van der Waals surface area contributed by atoms with Gasteiger partial charge in [-0.2, -0.15) is 0 Å². The Kier molecular flexibility index (Phi) is 5.24. The first-order valence-electron chi connectivity index (χ1n) is 7.73. The first-order valence-corrected chi connectivity index (χ1v) is 9.38. The van der Waals surface area contributed by atoms with Crippen molar-refractivity contribution in [3.8, 4) is 0 Å². The summed E-state index contributed by atoms with van der Waals surface area (Å²) in [6, 6.07) is 6.30. The number of amides is 1. The molecule has 1 aromatic rings. The van der Waals surface area contributed by atoms with Crippen LogP contribution >= 0.6 is 0 Å². The zero-order valence-electron chi connectivity index (χ0n) is 13.2. The van der Waals surface area contributed by atoms with Gasteiger partial charge >= 0.3 is 0 Å². The van der Waals surface area contributed by atoms with Gasteiger partial charge in [-0.15, -0.1) is 0 Å². The smallest absolute Gasteiger partial charge is 0.253 e. The van der Waals surface area contributed by atoms with Crippen LogP contribution in [-0.2, 0) is 9.84 Å². The molecule has 0 radical (unpaired) electrons. The Morgan fingerprint density at radius 2 is 2.00 bits per heavy atom. The number of rotatable bonds is 4. The topological polar surface area (TPSA) is 80.5 Å². The molecule has 2 unspecified atom stereocenters. The van der Waals surface area contributed by atoms with Crippen LogP contribution in [0.2, 0.25) is 0 Å². The lowest BCUT2D eigenvalue weighted by Crippen LogP contribution is -2.45. The number of likely N-dealkylation sites (tertiary alicyclic amines) is 1. The Labute approximate surface area is 132 Å². The van der Waals surface area contributed by atoms with Gasteiger partial charge in [0, 0.05) is 24.7 Å². The Morgan fingerprint density at radius 3 is 2.55 bits per heavy atom. The zero-order valence-corrected chi connectivity index (χ0v) is 14.0. The van der Waals surface area contributed by atoms with E-state index in [9.17, 15) is 13.2 Å². The lowest BCUT2D eigenvalue weighted by atomic mass is 9.92. The quantitative estimate of drug-likeness (QED) is 0.914. The summed E-state index contributed by atoms with van der Waals surface area (Å²) in [5.41, 5.74) is 6.47. The molecule has 0 aromatic heterocycles. The monoisotopic (exact) mass is 324 g/mol. The predicted octanol–water partition coefficient (Wildman–Crippen LogP) is 1.68. The maximum absolute atomic E-state index is 12.5. The highest BCUT2D eigenvalue weighted by Gasteiger charge is 2.26. The second kappa shape index (κ2) is 6.79. The van der Waals surface area contributed by atoms with Crippen LogP contribution in [0.4, 0.5) is 0 Å². The SMILES string of the molecule is CCS(=O)(=O)c1ccc(C(=O)N2CCCC(C(C)N)C2)cc1. The van der Waals surface area contributed by atoms with Crippen molar-refractivity contribution < 1.29 is 13.2 Å². The van der Waals surface area contributed by atoms with Crippen molar-refractivity contribution in [2.75, 3.05) is 18.8 Å². The molecule has 22 heavy (non-hydrogen) atoms. The van der Waals surface area contributed by atoms with Gasteiger partial charge in [-0.25, -0.2) is 8.42 Å². The molecule has 1 aromatic carbocycles. The van der Waals surface area contributed by atoms with Crippen molar-refractivity contribution >= 4 is 15.7 Å². The number of nitrogens with two attached hydrogens (primary N) is 1. The standard InChI is InChI=1S/C16H24N2O3S/c1-3-22(20,21)15-8-6-13(7-9-15)16(19)18-10-4-5-14(11-18)12(2)17/h6-9,12,14H,3-5,10-11,17H2,1-2H3. The van der Waals surface area contributed by atoms with Crippen molar-refractivity contribution in [2.24, 2.45) is 11.7 Å². The Morgan fingerprint density at radius 1 is 1.36 bits per heavy atom. The summed E-state index contributed by atoms with van der Waals surface area (Å²) in [4.78, 5) is 14.6. The van der Waals surface area contributed by atoms with Crippen molar-refractivity contribution in [1.29, 1.82) is 0 Å². The van der Waals surface area contributed by atoms with Crippen molar-refractivity contribution in [1.82, 2.24) is 4.90 Å². The van der Waals surface area contributed by atoms with Crippen molar-refractivity contribution in [3.63, 3.8) is 0 Å². The van der Waals surface area contributed by atoms with Gasteiger partial charge in [0.05, 0.1) is 10.6 Å². The summed E-state index contributed by atoms with van der Waals surface area (Å²) in [6.07, 6.45) is 2.01. The summed E-state index contributed by atoms with van der Waals surface area (Å²) in [6.45, 7) is 4.99. The van der Waals surface area contributed by atoms with Crippen LogP contribution in [0.5, 0.6) is 0 Å². The molecule has 0 saturated carbocycles. The minimum Gasteiger partial charge on any atom is -0.338 e. The van der Waals surface area contributed by atoms with E-state index >= 15 is 0 Å². The van der Waals surface area contributed by atoms with Crippen LogP contribution in [0.15, 0.2) is 29.2 Å². The maximum Gasteiger partial charge on any atom is 0.253 e. The average Bonchev–Trinajstić information content (AvgIpc) is 2.54. The molecule has 1 amide bonds. The van der Waals surface area contributed by atoms with Crippen LogP contribution < -0.4 is 5.73 Å². The van der Waals surface area contributed by atoms with Crippen LogP contribution in [-0.4, -0.2) is 44.1 Å². The molecule has 1 aliphatic heterocycles. The highest BCUT2D eigenvalue weighted by atomic mass is 32.2. The molecule has 5 nitrogen and oxygen atoms in total. The average molecular weight is 324 g/mol. The first-order chi connectivity index (χ1) is 10.3. The molecule has 2 rings (SSSR count). The fourth-order valence-electron chi connectivity index (χ4n) is 2.78. The van der Waals surface area contributed by atoms with Gasteiger partial charge in [0.25, 0.3) is 5.91 Å². The highest BCUT2D eigenvalue weighted by molar-refractivity contribution is 7.91. The molecule has 0 aliphatic carbocycles. The van der Waals surface area contributed by atoms with Crippen LogP contribution in [0.3, 0.4) is 0 Å². The van der Waals surface area contributed by atoms with E-state index < -0.39 is 9.84 Å². The van der Waals surface area contributed by atoms with Gasteiger partial charge in [-0.3, -0.25) is 4.79 Å². The van der Waals surface area contributed by atoms with E-state index in [1.54, 1.807) is 19.1 Å². The van der Waals surface area contributed by atoms with E-state index in [2.05, 4.69) is 0 Å². The van der Waals surface area contributed by atoms with E-state index in [-0.39, 0.29) is 22.6 Å². The van der Waals surface area contributed by atoms with E-state index in [0.29, 0.717) is 18.0 Å². The molecule has 1 heterocycles. The highest BCUT2D eigenvalue weighted by Crippen LogP contribution is 2.21. The minimum absolute atomic E-state index is 0.0502. The summed E-state index contributed by atoms with van der Waals surface area (Å²) < 4.78 is 23.6. The van der Waals surface area contributed by atoms with Gasteiger partial charge in [0.15, 0.2) is 9.84 Å². The Hall–Kier alpha value is -1.40. The number of hydrogen-bond acceptors (Lipinski definition) is 4. The molecule has 2 N–H and O–H groups in total. The lowest BCUT2D eigenvalue weighted by molar-refractivity contribution is 0.0661. The Bertz CT molecular complexity index is 623. The number of sulfone groups is 1. The zero-order chi connectivity index (χ0) is 16.3. The molecular weight excluding hydrogens is 300 g/mol. The molecule has 2 atom stereocenters. The molecular formula is C16H24N2O3S. The maximum atomic E-state index is 12.5. The van der Waals surface area contributed by atoms with E-state index in [0.717, 1.165) is 19.4 Å². The summed E-state index contributed by atoms with van der Waals surface area (Å²) >= 11 is 0. The molecule has 6 heteroatoms. The van der Waals surface area contributed by atoms with Crippen LogP contribution in [0, 0.1) is 5.92 Å². The number of hydrogen-bond donors (Lipinski definition) is 1. The van der Waals surface area contributed by atoms with Gasteiger partial charge in [0.1, 0.15) is 0 Å². The number of piperidine rings is 1. The third-order valence-corrected chi connectivity index (χ3v) is 6.08. The first kappa shape index (κ1) is 17.0. The summed E-state index contributed by atoms with van der Waals surface area (Å²) in [5.74, 6) is 0.339. The van der Waals surface area contributed by atoms with Gasteiger partial charge in [-0.05, 0) is 49.9 Å². The molecule has 1 fully saturated rings. The van der Waals surface area contributed by atoms with Gasteiger partial charge in [0.2, 0.25) is 0 Å². The molecule has 0 bridgehead atoms. The van der Waals surface area contributed by atoms with E-state index in [4.69, 9.17) is 5.73 Å². The summed E-state index contributed by atoms with van der Waals surface area (Å²) in [7, 11) is -3.23. The van der Waals surface area contributed by atoms with Gasteiger partial charge < -0.3 is 10.6 Å². The van der Waals surface area contributed by atoms with Crippen LogP contribution in [0.1, 0.15) is 37.0 Å². The van der Waals surface area contributed by atoms with Crippen molar-refractivity contribution in [2.45, 2.75) is 37.6 Å². The fraction of sp³-hybridized carbons (Fsp3) is 0.562. The van der Waals surface area contributed by atoms with Crippen molar-refractivity contribution in [3.05, 3.63) is 29.8 Å². The van der Waals surface area contributed by atoms with Crippen LogP contribution in [0.25, 0.3) is 0 Å². The predicted molar refractivity (Wildman–Crippen MR) is 86.4 cm³/mol. The minimum atomic E-state index is -3.23. The van der Waals surface area contributed by atoms with Gasteiger partial charge in [-0.1, -0.05) is 6.92 Å². The summed E-state index contributed by atoms with van der Waals surface area (Å²) in [5, 5.41) is 0. The second-order valence-electron chi connectivity index (χ2n) is 5.94. The number of carbonyl (C=O) groups is 1.